The van der Waals surface area contributed by atoms with Crippen molar-refractivity contribution < 1.29 is 35.9 Å². The zero-order chi connectivity index (χ0) is 37.4. The van der Waals surface area contributed by atoms with Crippen LogP contribution < -0.4 is 15.4 Å². The van der Waals surface area contributed by atoms with Gasteiger partial charge in [-0.3, -0.25) is 9.69 Å². The number of ether oxygens (including phenoxy) is 1. The Balaban J connectivity index is 1.44. The summed E-state index contributed by atoms with van der Waals surface area (Å²) >= 11 is 0.680. The SMILES string of the molecule is CC(C)C(=O)N1CC[C@@H](N(C)c2nc(OC[C@@]34CCCN3C[C@H](F)C4)nc3c(F)c(-c4ccc(F)c5sc(N)c(C#N)c45)c(C(F)(F)F)cc23)[C@H]1C. The molecule has 276 valence electrons. The number of hydrogen-bond acceptors (Lipinski definition) is 9. The molecule has 2 aromatic carbocycles. The van der Waals surface area contributed by atoms with Crippen molar-refractivity contribution in [2.75, 3.05) is 43.9 Å². The molecule has 0 bridgehead atoms. The molecule has 3 saturated heterocycles. The third kappa shape index (κ3) is 5.76. The number of rotatable bonds is 7. The Morgan fingerprint density at radius 1 is 1.25 bits per heavy atom. The first kappa shape index (κ1) is 36.0. The number of nitrogen functional groups attached to an aromatic ring is 1. The van der Waals surface area contributed by atoms with E-state index < -0.39 is 52.2 Å². The van der Waals surface area contributed by atoms with Gasteiger partial charge in [-0.25, -0.2) is 13.2 Å². The molecule has 3 aliphatic heterocycles. The molecule has 5 heterocycles. The summed E-state index contributed by atoms with van der Waals surface area (Å²) in [6.07, 6.45) is -4.00. The Labute approximate surface area is 299 Å². The number of carbonyl (C=O) groups is 1. The van der Waals surface area contributed by atoms with Crippen LogP contribution in [0.2, 0.25) is 0 Å². The zero-order valence-corrected chi connectivity index (χ0v) is 29.8. The highest BCUT2D eigenvalue weighted by atomic mass is 32.1. The first-order valence-electron chi connectivity index (χ1n) is 17.1. The van der Waals surface area contributed by atoms with Crippen LogP contribution in [-0.2, 0) is 11.0 Å². The van der Waals surface area contributed by atoms with Crippen molar-refractivity contribution in [2.24, 2.45) is 5.92 Å². The van der Waals surface area contributed by atoms with Crippen LogP contribution in [0.5, 0.6) is 6.01 Å². The van der Waals surface area contributed by atoms with Crippen molar-refractivity contribution in [3.8, 4) is 23.2 Å². The molecule has 4 aromatic rings. The minimum Gasteiger partial charge on any atom is -0.461 e. The maximum atomic E-state index is 17.2. The Hall–Kier alpha value is -4.36. The van der Waals surface area contributed by atoms with Crippen molar-refractivity contribution in [1.82, 2.24) is 19.8 Å². The highest BCUT2D eigenvalue weighted by molar-refractivity contribution is 7.23. The van der Waals surface area contributed by atoms with Crippen LogP contribution in [0.25, 0.3) is 32.1 Å². The Kier molecular flexibility index (Phi) is 8.96. The fourth-order valence-corrected chi connectivity index (χ4v) is 9.36. The van der Waals surface area contributed by atoms with Gasteiger partial charge in [-0.1, -0.05) is 19.9 Å². The van der Waals surface area contributed by atoms with Crippen LogP contribution in [-0.4, -0.2) is 82.8 Å². The quantitative estimate of drug-likeness (QED) is 0.196. The molecule has 9 nitrogen and oxygen atoms in total. The van der Waals surface area contributed by atoms with E-state index in [1.165, 1.54) is 0 Å². The first-order valence-corrected chi connectivity index (χ1v) is 18.0. The number of benzene rings is 2. The molecule has 2 aromatic heterocycles. The number of nitrogens with two attached hydrogens (primary N) is 1. The van der Waals surface area contributed by atoms with Crippen molar-refractivity contribution in [1.29, 1.82) is 5.26 Å². The van der Waals surface area contributed by atoms with Gasteiger partial charge in [0.25, 0.3) is 0 Å². The summed E-state index contributed by atoms with van der Waals surface area (Å²) in [6.45, 7) is 6.73. The highest BCUT2D eigenvalue weighted by Crippen LogP contribution is 2.48. The number of amides is 1. The van der Waals surface area contributed by atoms with E-state index >= 15 is 17.6 Å². The van der Waals surface area contributed by atoms with E-state index in [1.807, 2.05) is 17.9 Å². The molecule has 4 atom stereocenters. The van der Waals surface area contributed by atoms with E-state index in [4.69, 9.17) is 10.5 Å². The van der Waals surface area contributed by atoms with Crippen molar-refractivity contribution in [3.63, 3.8) is 0 Å². The van der Waals surface area contributed by atoms with E-state index in [9.17, 15) is 18.8 Å². The lowest BCUT2D eigenvalue weighted by Gasteiger charge is -2.33. The van der Waals surface area contributed by atoms with Gasteiger partial charge in [-0.2, -0.15) is 28.4 Å². The number of alkyl halides is 4. The van der Waals surface area contributed by atoms with E-state index in [1.54, 1.807) is 30.7 Å². The molecule has 3 aliphatic rings. The molecule has 0 radical (unpaired) electrons. The number of fused-ring (bicyclic) bond motifs is 3. The second-order valence-electron chi connectivity index (χ2n) is 14.3. The standard InChI is InChI=1S/C36H37F6N7O2S/c1-17(2)33(50)49-11-8-25(18(49)3)47(4)32-21-12-23(36(40,41)42)27(20-6-7-24(38)30-26(20)22(14-43)31(44)52-30)28(39)29(21)45-34(46-32)51-16-35-9-5-10-48(35)15-19(37)13-35/h6-7,12,17-19,25H,5,8-11,13,15-16,44H2,1-4H3/t18-,19-,25-,35+/m1/s1. The predicted molar refractivity (Wildman–Crippen MR) is 186 cm³/mol. The van der Waals surface area contributed by atoms with E-state index in [0.29, 0.717) is 37.3 Å². The third-order valence-corrected chi connectivity index (χ3v) is 12.0. The summed E-state index contributed by atoms with van der Waals surface area (Å²) < 4.78 is 97.8. The van der Waals surface area contributed by atoms with Gasteiger partial charge in [0.1, 0.15) is 41.0 Å². The third-order valence-electron chi connectivity index (χ3n) is 10.9. The largest absolute Gasteiger partial charge is 0.461 e. The van der Waals surface area contributed by atoms with E-state index in [-0.39, 0.29) is 80.9 Å². The first-order chi connectivity index (χ1) is 24.6. The van der Waals surface area contributed by atoms with Crippen LogP contribution >= 0.6 is 11.3 Å². The van der Waals surface area contributed by atoms with Crippen LogP contribution in [0.3, 0.4) is 0 Å². The van der Waals surface area contributed by atoms with Gasteiger partial charge < -0.3 is 20.3 Å². The molecule has 52 heavy (non-hydrogen) atoms. The van der Waals surface area contributed by atoms with Crippen molar-refractivity contribution in [2.45, 2.75) is 76.4 Å². The van der Waals surface area contributed by atoms with Crippen LogP contribution in [0.1, 0.15) is 57.6 Å². The summed E-state index contributed by atoms with van der Waals surface area (Å²) in [5.74, 6) is -2.61. The number of carbonyl (C=O) groups excluding carboxylic acids is 1. The second kappa shape index (κ2) is 12.9. The topological polar surface area (TPSA) is 112 Å². The summed E-state index contributed by atoms with van der Waals surface area (Å²) in [6, 6.07) is 3.39. The molecule has 2 N–H and O–H groups in total. The molecular weight excluding hydrogens is 708 g/mol. The number of likely N-dealkylation sites (N-methyl/N-ethyl adjacent to an activating group) is 1. The van der Waals surface area contributed by atoms with Crippen LogP contribution in [0.15, 0.2) is 18.2 Å². The molecule has 3 fully saturated rings. The van der Waals surface area contributed by atoms with Gasteiger partial charge in [0.15, 0.2) is 5.82 Å². The average molecular weight is 746 g/mol. The lowest BCUT2D eigenvalue weighted by molar-refractivity contribution is -0.137. The molecular formula is C36H37F6N7O2S. The van der Waals surface area contributed by atoms with Gasteiger partial charge in [0, 0.05) is 54.9 Å². The monoisotopic (exact) mass is 745 g/mol. The van der Waals surface area contributed by atoms with Crippen molar-refractivity contribution in [3.05, 3.63) is 41.0 Å². The summed E-state index contributed by atoms with van der Waals surface area (Å²) in [7, 11) is 1.62. The average Bonchev–Trinajstić information content (AvgIpc) is 3.83. The molecule has 0 saturated carbocycles. The van der Waals surface area contributed by atoms with Gasteiger partial charge in [0.05, 0.1) is 27.4 Å². The number of hydrogen-bond donors (Lipinski definition) is 1. The predicted octanol–water partition coefficient (Wildman–Crippen LogP) is 7.30. The number of halogens is 6. The molecule has 0 aliphatic carbocycles. The number of anilines is 2. The number of likely N-dealkylation sites (tertiary alicyclic amines) is 1. The molecule has 0 unspecified atom stereocenters. The molecule has 16 heteroatoms. The normalized spacial score (nSPS) is 23.6. The van der Waals surface area contributed by atoms with Crippen molar-refractivity contribution >= 4 is 49.1 Å². The van der Waals surface area contributed by atoms with Gasteiger partial charge in [0.2, 0.25) is 5.91 Å². The number of nitrogens with zero attached hydrogens (tertiary/aromatic N) is 6. The van der Waals surface area contributed by atoms with Gasteiger partial charge >= 0.3 is 12.2 Å². The summed E-state index contributed by atoms with van der Waals surface area (Å²) in [5.41, 5.74) is 1.88. The minimum absolute atomic E-state index is 0.0218. The van der Waals surface area contributed by atoms with E-state index in [2.05, 4.69) is 9.97 Å². The maximum absolute atomic E-state index is 17.2. The fraction of sp³-hybridized carbons (Fsp3) is 0.500. The number of thiophene rings is 1. The summed E-state index contributed by atoms with van der Waals surface area (Å²) in [5, 5.41) is 9.22. The lowest BCUT2D eigenvalue weighted by Crippen LogP contribution is -2.45. The lowest BCUT2D eigenvalue weighted by atomic mass is 9.92. The van der Waals surface area contributed by atoms with E-state index in [0.717, 1.165) is 24.6 Å². The zero-order valence-electron chi connectivity index (χ0n) is 29.0. The molecule has 0 spiro atoms. The second-order valence-corrected chi connectivity index (χ2v) is 15.4. The maximum Gasteiger partial charge on any atom is 0.417 e. The number of nitriles is 1. The highest BCUT2D eigenvalue weighted by Gasteiger charge is 2.49. The minimum atomic E-state index is -5.12. The Morgan fingerprint density at radius 3 is 2.69 bits per heavy atom. The Morgan fingerprint density at radius 2 is 2.00 bits per heavy atom. The van der Waals surface area contributed by atoms with Crippen LogP contribution in [0.4, 0.5) is 37.2 Å². The van der Waals surface area contributed by atoms with Gasteiger partial charge in [-0.05, 0) is 50.4 Å². The molecule has 7 rings (SSSR count). The Bertz CT molecular complexity index is 2130. The van der Waals surface area contributed by atoms with Crippen LogP contribution in [0, 0.1) is 28.9 Å². The summed E-state index contributed by atoms with van der Waals surface area (Å²) in [4.78, 5) is 27.3. The fourth-order valence-electron chi connectivity index (χ4n) is 8.41. The number of aromatic nitrogens is 2. The molecule has 1 amide bonds. The smallest absolute Gasteiger partial charge is 0.417 e. The van der Waals surface area contributed by atoms with Gasteiger partial charge in [-0.15, -0.1) is 11.3 Å².